The lowest BCUT2D eigenvalue weighted by atomic mass is 9.47. The number of carbonyl (C=O) groups is 10. The molecule has 2 aromatic rings. The summed E-state index contributed by atoms with van der Waals surface area (Å²) in [7, 11) is 0. The molecule has 0 radical (unpaired) electrons. The van der Waals surface area contributed by atoms with E-state index in [-0.39, 0.29) is 89.4 Å². The predicted molar refractivity (Wildman–Crippen MR) is 336 cm³/mol. The maximum absolute atomic E-state index is 15.5. The van der Waals surface area contributed by atoms with Crippen LogP contribution in [0.5, 0.6) is 0 Å². The standard InChI is InChI=1S/C67H100N12O10/c1-39(2)29-49-59(82)75-52(35-43-19-11-8-12-20-43)66(89)79-28-16-24-54(79)62(85)77-56(67-36-44-31-45(37-67)33-46(32-44)38-67)64(87)71-48(22-14-26-69)58(81)73-50(30-40(3)4)60(83)74-51(34-42-17-9-7-10-18-42)65(88)78-27-15-23-53(78)61(84)76-55(41(5)6)63(86)70-47(21-13-25-68)57(80)72-49/h7-12,17-20,39-41,44-56H,13-16,21-38,68-69H2,1-6H3,(H,70,86)(H,71,87)(H,72,80)(H,73,81)(H,74,83)(H,75,82)(H,76,84)(H,77,85)/t44?,45?,46?,47-,48-,49-,50-,51+,52+,53-,54-,55-,56?,67?/m0/s1. The van der Waals surface area contributed by atoms with E-state index in [2.05, 4.69) is 42.5 Å². The van der Waals surface area contributed by atoms with Crippen LogP contribution in [0.25, 0.3) is 0 Å². The lowest BCUT2D eigenvalue weighted by Crippen LogP contribution is -2.66. The van der Waals surface area contributed by atoms with Crippen molar-refractivity contribution in [3.8, 4) is 0 Å². The lowest BCUT2D eigenvalue weighted by molar-refractivity contribution is -0.147. The molecule has 10 atom stereocenters. The Hall–Kier alpha value is -6.94. The highest BCUT2D eigenvalue weighted by molar-refractivity contribution is 6.00. The molecule has 2 aromatic carbocycles. The molecule has 4 bridgehead atoms. The summed E-state index contributed by atoms with van der Waals surface area (Å²) in [6, 6.07) is 6.69. The van der Waals surface area contributed by atoms with E-state index in [9.17, 15) is 28.8 Å². The molecular weight excluding hydrogens is 1130 g/mol. The van der Waals surface area contributed by atoms with Gasteiger partial charge in [0.25, 0.3) is 0 Å². The third-order valence-electron chi connectivity index (χ3n) is 19.3. The van der Waals surface area contributed by atoms with Crippen molar-refractivity contribution >= 4 is 59.1 Å². The Balaban J connectivity index is 1.18. The van der Waals surface area contributed by atoms with Gasteiger partial charge in [-0.25, -0.2) is 0 Å². The molecule has 22 heteroatoms. The smallest absolute Gasteiger partial charge is 0.246 e. The Morgan fingerprint density at radius 1 is 0.449 bits per heavy atom. The van der Waals surface area contributed by atoms with Gasteiger partial charge in [-0.3, -0.25) is 47.9 Å². The zero-order valence-electron chi connectivity index (χ0n) is 53.2. The molecule has 12 N–H and O–H groups in total. The number of rotatable bonds is 16. The van der Waals surface area contributed by atoms with Crippen molar-refractivity contribution in [3.63, 3.8) is 0 Å². The molecule has 7 fully saturated rings. The van der Waals surface area contributed by atoms with Crippen molar-refractivity contribution < 1.29 is 47.9 Å². The van der Waals surface area contributed by atoms with E-state index >= 15 is 19.2 Å². The van der Waals surface area contributed by atoms with Crippen molar-refractivity contribution in [1.29, 1.82) is 0 Å². The first-order valence-electron chi connectivity index (χ1n) is 33.1. The summed E-state index contributed by atoms with van der Waals surface area (Å²) in [6.07, 6.45) is 7.85. The van der Waals surface area contributed by atoms with Crippen molar-refractivity contribution in [2.45, 2.75) is 218 Å². The monoisotopic (exact) mass is 1230 g/mol. The zero-order valence-corrected chi connectivity index (χ0v) is 53.2. The van der Waals surface area contributed by atoms with Crippen LogP contribution >= 0.6 is 0 Å². The van der Waals surface area contributed by atoms with E-state index in [0.29, 0.717) is 62.7 Å². The number of benzene rings is 2. The molecule has 488 valence electrons. The number of carbonyl (C=O) groups excluding carboxylic acids is 10. The van der Waals surface area contributed by atoms with Crippen LogP contribution < -0.4 is 54.0 Å². The molecule has 4 aliphatic carbocycles. The number of fused-ring (bicyclic) bond motifs is 2. The lowest BCUT2D eigenvalue weighted by Gasteiger charge is -2.59. The van der Waals surface area contributed by atoms with Crippen molar-refractivity contribution in [3.05, 3.63) is 71.8 Å². The number of nitrogens with one attached hydrogen (secondary N) is 8. The maximum Gasteiger partial charge on any atom is 0.246 e. The number of nitrogens with zero attached hydrogens (tertiary/aromatic N) is 2. The topological polar surface area (TPSA) is 325 Å². The Labute approximate surface area is 525 Å². The molecule has 22 nitrogen and oxygen atoms in total. The maximum atomic E-state index is 15.5. The second-order valence-corrected chi connectivity index (χ2v) is 27.7. The van der Waals surface area contributed by atoms with E-state index in [0.717, 1.165) is 30.4 Å². The molecule has 3 heterocycles. The summed E-state index contributed by atoms with van der Waals surface area (Å²) in [5, 5.41) is 23.8. The number of amides is 10. The van der Waals surface area contributed by atoms with Gasteiger partial charge in [-0.15, -0.1) is 0 Å². The van der Waals surface area contributed by atoms with Gasteiger partial charge in [-0.2, -0.15) is 0 Å². The van der Waals surface area contributed by atoms with Gasteiger partial charge in [0, 0.05) is 31.3 Å². The van der Waals surface area contributed by atoms with E-state index in [1.165, 1.54) is 9.80 Å². The first-order valence-corrected chi connectivity index (χ1v) is 33.1. The third-order valence-corrected chi connectivity index (χ3v) is 19.3. The van der Waals surface area contributed by atoms with Crippen LogP contribution in [-0.4, -0.2) is 155 Å². The fourth-order valence-corrected chi connectivity index (χ4v) is 15.4. The average molecular weight is 1230 g/mol. The largest absolute Gasteiger partial charge is 0.343 e. The molecule has 9 rings (SSSR count). The van der Waals surface area contributed by atoms with E-state index < -0.39 is 131 Å². The van der Waals surface area contributed by atoms with Crippen LogP contribution in [0.4, 0.5) is 0 Å². The van der Waals surface area contributed by atoms with Gasteiger partial charge < -0.3 is 63.8 Å². The van der Waals surface area contributed by atoms with Gasteiger partial charge in [0.15, 0.2) is 0 Å². The van der Waals surface area contributed by atoms with Crippen LogP contribution in [0.15, 0.2) is 60.7 Å². The number of hydrogen-bond acceptors (Lipinski definition) is 12. The SMILES string of the molecule is CC(C)C[C@@H]1NC(=O)[C@H](CCCN)NC(=O)[C@H](C(C)C)NC(=O)[C@@H]2CCCN2C(=O)[C@@H](Cc2ccccc2)NC(=O)[C@H](CC(C)C)NC(=O)[C@H](CCCN)NC(=O)C(C23CC4CC(CC(C4)C2)C3)NC(=O)[C@@H]2CCCN2C(=O)[C@@H](Cc2ccccc2)NC1=O. The third kappa shape index (κ3) is 17.5. The highest BCUT2D eigenvalue weighted by atomic mass is 16.2. The predicted octanol–water partition coefficient (Wildman–Crippen LogP) is 2.79. The molecule has 3 saturated heterocycles. The van der Waals surface area contributed by atoms with Gasteiger partial charge in [0.2, 0.25) is 59.1 Å². The Kier molecular flexibility index (Phi) is 23.8. The summed E-state index contributed by atoms with van der Waals surface area (Å²) < 4.78 is 0. The highest BCUT2D eigenvalue weighted by Crippen LogP contribution is 2.61. The Bertz CT molecular complexity index is 2780. The first kappa shape index (κ1) is 68.0. The number of nitrogens with two attached hydrogens (primary N) is 2. The molecule has 89 heavy (non-hydrogen) atoms. The summed E-state index contributed by atoms with van der Waals surface area (Å²) >= 11 is 0. The van der Waals surface area contributed by atoms with Gasteiger partial charge >= 0.3 is 0 Å². The van der Waals surface area contributed by atoms with Crippen molar-refractivity contribution in [2.24, 2.45) is 52.4 Å². The van der Waals surface area contributed by atoms with Gasteiger partial charge in [-0.1, -0.05) is 102 Å². The van der Waals surface area contributed by atoms with E-state index in [4.69, 9.17) is 11.5 Å². The second-order valence-electron chi connectivity index (χ2n) is 27.7. The minimum Gasteiger partial charge on any atom is -0.343 e. The molecule has 10 amide bonds. The van der Waals surface area contributed by atoms with Gasteiger partial charge in [0.05, 0.1) is 0 Å². The minimum atomic E-state index is -1.21. The van der Waals surface area contributed by atoms with E-state index in [1.54, 1.807) is 13.8 Å². The normalized spacial score (nSPS) is 31.5. The minimum absolute atomic E-state index is 0.0369. The van der Waals surface area contributed by atoms with Crippen LogP contribution in [-0.2, 0) is 60.8 Å². The zero-order chi connectivity index (χ0) is 64.1. The van der Waals surface area contributed by atoms with Crippen LogP contribution in [0.1, 0.15) is 155 Å². The quantitative estimate of drug-likeness (QED) is 0.116. The Morgan fingerprint density at radius 2 is 0.820 bits per heavy atom. The summed E-state index contributed by atoms with van der Waals surface area (Å²) in [6.45, 7) is 11.8. The molecule has 3 aliphatic heterocycles. The van der Waals surface area contributed by atoms with Crippen LogP contribution in [0.2, 0.25) is 0 Å². The Morgan fingerprint density at radius 3 is 1.21 bits per heavy atom. The fourth-order valence-electron chi connectivity index (χ4n) is 15.4. The summed E-state index contributed by atoms with van der Waals surface area (Å²) in [4.78, 5) is 152. The van der Waals surface area contributed by atoms with Crippen molar-refractivity contribution in [1.82, 2.24) is 52.3 Å². The molecule has 4 saturated carbocycles. The molecule has 0 spiro atoms. The van der Waals surface area contributed by atoms with Crippen LogP contribution in [0.3, 0.4) is 0 Å². The first-order chi connectivity index (χ1) is 42.6. The van der Waals surface area contributed by atoms with Gasteiger partial charge in [-0.05, 0) is 162 Å². The number of hydrogen-bond donors (Lipinski definition) is 10. The molecule has 7 aliphatic rings. The van der Waals surface area contributed by atoms with Gasteiger partial charge in [0.1, 0.15) is 60.4 Å². The van der Waals surface area contributed by atoms with Crippen molar-refractivity contribution in [2.75, 3.05) is 26.2 Å². The molecule has 0 aromatic heterocycles. The average Bonchev–Trinajstić information content (AvgIpc) is 1.51. The van der Waals surface area contributed by atoms with E-state index in [1.807, 2.05) is 88.4 Å². The molecule has 1 unspecified atom stereocenters. The van der Waals surface area contributed by atoms with Crippen LogP contribution in [0, 0.1) is 40.9 Å². The second kappa shape index (κ2) is 31.2. The highest BCUT2D eigenvalue weighted by Gasteiger charge is 2.57. The molecular formula is C67H100N12O10. The fraction of sp³-hybridized carbons (Fsp3) is 0.672. The summed E-state index contributed by atoms with van der Waals surface area (Å²) in [5.74, 6) is -5.77. The summed E-state index contributed by atoms with van der Waals surface area (Å²) in [5.41, 5.74) is 12.9.